The summed E-state index contributed by atoms with van der Waals surface area (Å²) in [5.74, 6) is 0.837. The highest BCUT2D eigenvalue weighted by atomic mass is 79.9. The van der Waals surface area contributed by atoms with Crippen molar-refractivity contribution in [2.75, 3.05) is 0 Å². The lowest BCUT2D eigenvalue weighted by molar-refractivity contribution is -0.123. The van der Waals surface area contributed by atoms with E-state index in [9.17, 15) is 4.79 Å². The maximum Gasteiger partial charge on any atom is 0.244 e. The fourth-order valence-electron chi connectivity index (χ4n) is 3.78. The van der Waals surface area contributed by atoms with Crippen LogP contribution in [0.5, 0.6) is 0 Å². The zero-order valence-corrected chi connectivity index (χ0v) is 14.1. The zero-order chi connectivity index (χ0) is 15.0. The van der Waals surface area contributed by atoms with Gasteiger partial charge >= 0.3 is 0 Å². The molecule has 1 amide bonds. The predicted molar refractivity (Wildman–Crippen MR) is 88.2 cm³/mol. The molecule has 0 aliphatic heterocycles. The number of hydrazone groups is 1. The molecule has 3 atom stereocenters. The molecule has 0 heterocycles. The number of nitrogens with one attached hydrogen (secondary N) is 1. The number of hydrogen-bond donors (Lipinski definition) is 1. The maximum absolute atomic E-state index is 12.3. The third-order valence-electron chi connectivity index (χ3n) is 5.20. The normalized spacial score (nSPS) is 31.0. The number of fused-ring (bicyclic) bond motifs is 1. The third kappa shape index (κ3) is 2.78. The number of carbonyl (C=O) groups excluding carboxylic acids is 1. The maximum atomic E-state index is 12.3. The van der Waals surface area contributed by atoms with E-state index in [1.54, 1.807) is 6.21 Å². The highest BCUT2D eigenvalue weighted by Crippen LogP contribution is 2.66. The molecule has 3 nitrogen and oxygen atoms in total. The minimum Gasteiger partial charge on any atom is -0.273 e. The van der Waals surface area contributed by atoms with Crippen molar-refractivity contribution in [1.29, 1.82) is 0 Å². The first-order chi connectivity index (χ1) is 10.0. The molecule has 0 spiro atoms. The lowest BCUT2D eigenvalue weighted by Crippen LogP contribution is -2.22. The van der Waals surface area contributed by atoms with Gasteiger partial charge < -0.3 is 0 Å². The van der Waals surface area contributed by atoms with Crippen LogP contribution < -0.4 is 5.43 Å². The van der Waals surface area contributed by atoms with E-state index in [0.29, 0.717) is 5.92 Å². The van der Waals surface area contributed by atoms with Crippen LogP contribution in [-0.2, 0) is 4.79 Å². The van der Waals surface area contributed by atoms with Crippen LogP contribution in [0.1, 0.15) is 43.7 Å². The summed E-state index contributed by atoms with van der Waals surface area (Å²) < 4.78 is 1.05. The molecule has 112 valence electrons. The first-order valence-electron chi connectivity index (χ1n) is 7.61. The van der Waals surface area contributed by atoms with Crippen LogP contribution in [0.15, 0.2) is 27.8 Å². The number of amides is 1. The minimum absolute atomic E-state index is 0.0897. The molecule has 1 aromatic rings. The van der Waals surface area contributed by atoms with Crippen molar-refractivity contribution in [2.24, 2.45) is 22.4 Å². The molecule has 3 rings (SSSR count). The highest BCUT2D eigenvalue weighted by molar-refractivity contribution is 9.10. The van der Waals surface area contributed by atoms with Crippen molar-refractivity contribution in [3.63, 3.8) is 0 Å². The standard InChI is InChI=1S/C17H21BrN2O/c1-11-6-7-12(9-14(11)18)10-19-20-16(21)15-13-5-3-4-8-17(13,15)2/h6-7,9-10,13,15H,3-5,8H2,1-2H3,(H,20,21)/b19-10-/t13-,15-,17-/m0/s1. The molecule has 2 saturated carbocycles. The molecule has 21 heavy (non-hydrogen) atoms. The molecular formula is C17H21BrN2O. The summed E-state index contributed by atoms with van der Waals surface area (Å²) in [5, 5.41) is 4.12. The average molecular weight is 349 g/mol. The van der Waals surface area contributed by atoms with E-state index in [4.69, 9.17) is 0 Å². The van der Waals surface area contributed by atoms with Gasteiger partial charge in [-0.15, -0.1) is 0 Å². The molecule has 4 heteroatoms. The molecule has 0 radical (unpaired) electrons. The molecule has 2 fully saturated rings. The van der Waals surface area contributed by atoms with Crippen LogP contribution in [0.25, 0.3) is 0 Å². The molecule has 0 saturated heterocycles. The van der Waals surface area contributed by atoms with Gasteiger partial charge in [-0.3, -0.25) is 4.79 Å². The molecule has 1 N–H and O–H groups in total. The number of hydrogen-bond acceptors (Lipinski definition) is 2. The Kier molecular flexibility index (Phi) is 3.91. The van der Waals surface area contributed by atoms with Crippen molar-refractivity contribution in [1.82, 2.24) is 5.43 Å². The van der Waals surface area contributed by atoms with Crippen molar-refractivity contribution >= 4 is 28.1 Å². The second kappa shape index (κ2) is 5.56. The van der Waals surface area contributed by atoms with Gasteiger partial charge in [-0.2, -0.15) is 5.10 Å². The molecule has 0 aromatic heterocycles. The number of halogens is 1. The Bertz CT molecular complexity index is 598. The van der Waals surface area contributed by atoms with Crippen molar-refractivity contribution in [2.45, 2.75) is 39.5 Å². The van der Waals surface area contributed by atoms with E-state index in [0.717, 1.165) is 10.0 Å². The van der Waals surface area contributed by atoms with Gasteiger partial charge in [-0.25, -0.2) is 5.43 Å². The predicted octanol–water partition coefficient (Wildman–Crippen LogP) is 4.03. The molecule has 2 aliphatic rings. The second-order valence-electron chi connectivity index (χ2n) is 6.58. The van der Waals surface area contributed by atoms with E-state index in [1.165, 1.54) is 31.2 Å². The number of benzene rings is 1. The van der Waals surface area contributed by atoms with Crippen LogP contribution in [0.2, 0.25) is 0 Å². The summed E-state index contributed by atoms with van der Waals surface area (Å²) >= 11 is 3.50. The number of nitrogens with zero attached hydrogens (tertiary/aromatic N) is 1. The first-order valence-corrected chi connectivity index (χ1v) is 8.41. The zero-order valence-electron chi connectivity index (χ0n) is 12.5. The van der Waals surface area contributed by atoms with Gasteiger partial charge in [0, 0.05) is 10.4 Å². The fraction of sp³-hybridized carbons (Fsp3) is 0.529. The Labute approximate surface area is 134 Å². The SMILES string of the molecule is Cc1ccc(/C=N\NC(=O)[C@@H]2[C@@H]3CCCC[C@]23C)cc1Br. The van der Waals surface area contributed by atoms with Gasteiger partial charge in [0.1, 0.15) is 0 Å². The monoisotopic (exact) mass is 348 g/mol. The lowest BCUT2D eigenvalue weighted by atomic mass is 9.90. The summed E-state index contributed by atoms with van der Waals surface area (Å²) in [5.41, 5.74) is 5.13. The topological polar surface area (TPSA) is 41.5 Å². The molecule has 0 unspecified atom stereocenters. The Morgan fingerprint density at radius 2 is 2.29 bits per heavy atom. The Morgan fingerprint density at radius 3 is 2.95 bits per heavy atom. The smallest absolute Gasteiger partial charge is 0.244 e. The summed E-state index contributed by atoms with van der Waals surface area (Å²) in [6, 6.07) is 6.03. The molecular weight excluding hydrogens is 328 g/mol. The van der Waals surface area contributed by atoms with E-state index < -0.39 is 0 Å². The van der Waals surface area contributed by atoms with Gasteiger partial charge in [0.25, 0.3) is 0 Å². The van der Waals surface area contributed by atoms with Crippen LogP contribution in [0.3, 0.4) is 0 Å². The first kappa shape index (κ1) is 14.8. The van der Waals surface area contributed by atoms with Gasteiger partial charge in [0.2, 0.25) is 5.91 Å². The fourth-order valence-corrected chi connectivity index (χ4v) is 4.18. The van der Waals surface area contributed by atoms with Gasteiger partial charge in [-0.1, -0.05) is 47.8 Å². The van der Waals surface area contributed by atoms with E-state index in [-0.39, 0.29) is 17.2 Å². The number of aryl methyl sites for hydroxylation is 1. The number of rotatable bonds is 3. The van der Waals surface area contributed by atoms with Gasteiger partial charge in [0.05, 0.1) is 6.21 Å². The van der Waals surface area contributed by atoms with E-state index in [1.807, 2.05) is 25.1 Å². The van der Waals surface area contributed by atoms with Crippen molar-refractivity contribution < 1.29 is 4.79 Å². The van der Waals surface area contributed by atoms with Crippen LogP contribution >= 0.6 is 15.9 Å². The van der Waals surface area contributed by atoms with Crippen molar-refractivity contribution in [3.8, 4) is 0 Å². The third-order valence-corrected chi connectivity index (χ3v) is 6.05. The Balaban J connectivity index is 1.59. The summed E-state index contributed by atoms with van der Waals surface area (Å²) in [6.45, 7) is 4.30. The number of carbonyl (C=O) groups is 1. The summed E-state index contributed by atoms with van der Waals surface area (Å²) in [6.07, 6.45) is 6.62. The van der Waals surface area contributed by atoms with Crippen LogP contribution in [-0.4, -0.2) is 12.1 Å². The summed E-state index contributed by atoms with van der Waals surface area (Å²) in [7, 11) is 0. The van der Waals surface area contributed by atoms with Crippen molar-refractivity contribution in [3.05, 3.63) is 33.8 Å². The van der Waals surface area contributed by atoms with E-state index in [2.05, 4.69) is 33.4 Å². The summed E-state index contributed by atoms with van der Waals surface area (Å²) in [4.78, 5) is 12.3. The molecule has 0 bridgehead atoms. The van der Waals surface area contributed by atoms with Gasteiger partial charge in [0.15, 0.2) is 0 Å². The average Bonchev–Trinajstić information content (AvgIpc) is 3.08. The Morgan fingerprint density at radius 1 is 1.48 bits per heavy atom. The molecule has 1 aromatic carbocycles. The largest absolute Gasteiger partial charge is 0.273 e. The van der Waals surface area contributed by atoms with E-state index >= 15 is 0 Å². The lowest BCUT2D eigenvalue weighted by Gasteiger charge is -2.15. The Hall–Kier alpha value is -1.16. The van der Waals surface area contributed by atoms with Crippen LogP contribution in [0, 0.1) is 24.2 Å². The quantitative estimate of drug-likeness (QED) is 0.650. The highest BCUT2D eigenvalue weighted by Gasteiger charge is 2.64. The molecule has 2 aliphatic carbocycles. The minimum atomic E-state index is 0.0897. The van der Waals surface area contributed by atoms with Gasteiger partial charge in [-0.05, 0) is 48.3 Å². The second-order valence-corrected chi connectivity index (χ2v) is 7.43. The van der Waals surface area contributed by atoms with Crippen LogP contribution in [0.4, 0.5) is 0 Å².